The molecule has 0 radical (unpaired) electrons. The Morgan fingerprint density at radius 3 is 2.88 bits per heavy atom. The Bertz CT molecular complexity index is 339. The third-order valence-electron chi connectivity index (χ3n) is 3.68. The van der Waals surface area contributed by atoms with Crippen molar-refractivity contribution >= 4 is 10.0 Å². The quantitative estimate of drug-likeness (QED) is 0.777. The van der Waals surface area contributed by atoms with Crippen molar-refractivity contribution in [3.8, 4) is 0 Å². The summed E-state index contributed by atoms with van der Waals surface area (Å²) in [7, 11) is -1.43. The summed E-state index contributed by atoms with van der Waals surface area (Å²) >= 11 is 0. The molecule has 2 aliphatic heterocycles. The van der Waals surface area contributed by atoms with Crippen molar-refractivity contribution in [2.24, 2.45) is 5.92 Å². The van der Waals surface area contributed by atoms with E-state index in [1.54, 1.807) is 11.4 Å². The molecule has 2 heterocycles. The minimum Gasteiger partial charge on any atom is -0.384 e. The van der Waals surface area contributed by atoms with Crippen LogP contribution in [0.2, 0.25) is 0 Å². The molecule has 0 amide bonds. The van der Waals surface area contributed by atoms with Gasteiger partial charge >= 0.3 is 0 Å². The minimum atomic E-state index is -3.10. The van der Waals surface area contributed by atoms with Gasteiger partial charge in [-0.2, -0.15) is 0 Å². The Kier molecular flexibility index (Phi) is 4.41. The molecule has 2 fully saturated rings. The Morgan fingerprint density at radius 2 is 2.24 bits per heavy atom. The fourth-order valence-electron chi connectivity index (χ4n) is 2.68. The highest BCUT2D eigenvalue weighted by Crippen LogP contribution is 2.24. The van der Waals surface area contributed by atoms with Gasteiger partial charge in [0.15, 0.2) is 0 Å². The molecule has 2 unspecified atom stereocenters. The molecule has 0 saturated carbocycles. The zero-order valence-corrected chi connectivity index (χ0v) is 11.2. The molecule has 2 atom stereocenters. The molecular weight excluding hydrogens is 240 g/mol. The fourth-order valence-corrected chi connectivity index (χ4v) is 4.68. The first-order valence-electron chi connectivity index (χ1n) is 6.33. The molecule has 0 aliphatic carbocycles. The van der Waals surface area contributed by atoms with Gasteiger partial charge in [-0.3, -0.25) is 0 Å². The minimum absolute atomic E-state index is 0.224. The Balaban J connectivity index is 1.96. The van der Waals surface area contributed by atoms with Crippen LogP contribution in [0.25, 0.3) is 0 Å². The molecule has 0 spiro atoms. The summed E-state index contributed by atoms with van der Waals surface area (Å²) in [6.45, 7) is 3.50. The molecule has 2 saturated heterocycles. The van der Waals surface area contributed by atoms with Crippen LogP contribution in [0.1, 0.15) is 19.3 Å². The van der Waals surface area contributed by atoms with Crippen molar-refractivity contribution in [1.29, 1.82) is 0 Å². The number of hydrogen-bond donors (Lipinski definition) is 1. The van der Waals surface area contributed by atoms with Crippen molar-refractivity contribution in [2.75, 3.05) is 39.9 Å². The van der Waals surface area contributed by atoms with E-state index in [1.165, 1.54) is 0 Å². The van der Waals surface area contributed by atoms with E-state index >= 15 is 0 Å². The topological polar surface area (TPSA) is 58.6 Å². The molecule has 100 valence electrons. The third kappa shape index (κ3) is 2.99. The van der Waals surface area contributed by atoms with Crippen LogP contribution >= 0.6 is 0 Å². The lowest BCUT2D eigenvalue weighted by Gasteiger charge is -2.27. The Morgan fingerprint density at radius 1 is 1.41 bits per heavy atom. The van der Waals surface area contributed by atoms with E-state index < -0.39 is 10.0 Å². The van der Waals surface area contributed by atoms with Crippen molar-refractivity contribution in [1.82, 2.24) is 9.62 Å². The highest BCUT2D eigenvalue weighted by Gasteiger charge is 2.37. The van der Waals surface area contributed by atoms with Gasteiger partial charge in [0.25, 0.3) is 0 Å². The number of sulfonamides is 1. The van der Waals surface area contributed by atoms with Crippen LogP contribution in [0, 0.1) is 5.92 Å². The molecule has 6 heteroatoms. The standard InChI is InChI=1S/C11H22N2O3S/c1-16-9-10-4-6-13(8-10)17(14,15)11-3-2-5-12-7-11/h10-12H,2-9H2,1H3. The van der Waals surface area contributed by atoms with E-state index in [9.17, 15) is 8.42 Å². The largest absolute Gasteiger partial charge is 0.384 e. The average molecular weight is 262 g/mol. The highest BCUT2D eigenvalue weighted by atomic mass is 32.2. The molecule has 2 rings (SSSR count). The lowest BCUT2D eigenvalue weighted by Crippen LogP contribution is -2.45. The average Bonchev–Trinajstić information content (AvgIpc) is 2.80. The van der Waals surface area contributed by atoms with Crippen LogP contribution in [0.3, 0.4) is 0 Å². The second kappa shape index (κ2) is 5.65. The van der Waals surface area contributed by atoms with Crippen LogP contribution in [-0.4, -0.2) is 57.9 Å². The smallest absolute Gasteiger partial charge is 0.218 e. The first kappa shape index (κ1) is 13.3. The van der Waals surface area contributed by atoms with E-state index in [1.807, 2.05) is 0 Å². The van der Waals surface area contributed by atoms with Gasteiger partial charge in [-0.15, -0.1) is 0 Å². The van der Waals surface area contributed by atoms with Gasteiger partial charge in [-0.05, 0) is 31.7 Å². The summed E-state index contributed by atoms with van der Waals surface area (Å²) in [4.78, 5) is 0. The summed E-state index contributed by atoms with van der Waals surface area (Å²) in [6.07, 6.45) is 2.67. The van der Waals surface area contributed by atoms with Gasteiger partial charge in [0, 0.05) is 26.7 Å². The zero-order chi connectivity index (χ0) is 12.3. The van der Waals surface area contributed by atoms with Crippen LogP contribution in [0.5, 0.6) is 0 Å². The van der Waals surface area contributed by atoms with E-state index in [4.69, 9.17) is 4.74 Å². The van der Waals surface area contributed by atoms with Gasteiger partial charge in [0.05, 0.1) is 11.9 Å². The number of methoxy groups -OCH3 is 1. The summed E-state index contributed by atoms with van der Waals surface area (Å²) in [5.41, 5.74) is 0. The van der Waals surface area contributed by atoms with Gasteiger partial charge in [0.1, 0.15) is 0 Å². The van der Waals surface area contributed by atoms with E-state index in [0.717, 1.165) is 25.8 Å². The number of ether oxygens (including phenoxy) is 1. The monoisotopic (exact) mass is 262 g/mol. The summed E-state index contributed by atoms with van der Waals surface area (Å²) in [5.74, 6) is 0.367. The molecular formula is C11H22N2O3S. The van der Waals surface area contributed by atoms with Gasteiger partial charge in [0.2, 0.25) is 10.0 Å². The highest BCUT2D eigenvalue weighted by molar-refractivity contribution is 7.89. The normalized spacial score (nSPS) is 31.8. The van der Waals surface area contributed by atoms with Crippen molar-refractivity contribution in [3.05, 3.63) is 0 Å². The lowest BCUT2D eigenvalue weighted by atomic mass is 10.1. The van der Waals surface area contributed by atoms with Crippen molar-refractivity contribution < 1.29 is 13.2 Å². The van der Waals surface area contributed by atoms with Gasteiger partial charge < -0.3 is 10.1 Å². The predicted octanol–water partition coefficient (Wildman–Crippen LogP) is 0.0365. The summed E-state index contributed by atoms with van der Waals surface area (Å²) < 4.78 is 31.5. The molecule has 0 bridgehead atoms. The first-order chi connectivity index (χ1) is 8.14. The Hall–Kier alpha value is -0.170. The molecule has 1 N–H and O–H groups in total. The van der Waals surface area contributed by atoms with Crippen LogP contribution in [0.4, 0.5) is 0 Å². The van der Waals surface area contributed by atoms with E-state index in [-0.39, 0.29) is 5.25 Å². The second-order valence-corrected chi connectivity index (χ2v) is 7.19. The number of rotatable bonds is 4. The summed E-state index contributed by atoms with van der Waals surface area (Å²) in [5, 5.41) is 2.95. The van der Waals surface area contributed by atoms with Gasteiger partial charge in [-0.25, -0.2) is 12.7 Å². The fraction of sp³-hybridized carbons (Fsp3) is 1.00. The third-order valence-corrected chi connectivity index (χ3v) is 5.98. The molecule has 2 aliphatic rings. The maximum atomic E-state index is 12.4. The molecule has 5 nitrogen and oxygen atoms in total. The SMILES string of the molecule is COCC1CCN(S(=O)(=O)C2CCCNC2)C1. The maximum Gasteiger partial charge on any atom is 0.218 e. The number of nitrogens with zero attached hydrogens (tertiary/aromatic N) is 1. The lowest BCUT2D eigenvalue weighted by molar-refractivity contribution is 0.157. The van der Waals surface area contributed by atoms with Crippen LogP contribution in [-0.2, 0) is 14.8 Å². The van der Waals surface area contributed by atoms with E-state index in [2.05, 4.69) is 5.32 Å². The number of piperidine rings is 1. The van der Waals surface area contributed by atoms with Gasteiger partial charge in [-0.1, -0.05) is 0 Å². The summed E-state index contributed by atoms with van der Waals surface area (Å²) in [6, 6.07) is 0. The molecule has 0 aromatic heterocycles. The molecule has 17 heavy (non-hydrogen) atoms. The van der Waals surface area contributed by atoms with Crippen molar-refractivity contribution in [3.63, 3.8) is 0 Å². The van der Waals surface area contributed by atoms with Crippen LogP contribution in [0.15, 0.2) is 0 Å². The Labute approximate surface area is 104 Å². The molecule has 0 aromatic carbocycles. The zero-order valence-electron chi connectivity index (χ0n) is 10.4. The first-order valence-corrected chi connectivity index (χ1v) is 7.83. The predicted molar refractivity (Wildman–Crippen MR) is 66.4 cm³/mol. The van der Waals surface area contributed by atoms with E-state index in [0.29, 0.717) is 32.2 Å². The van der Waals surface area contributed by atoms with Crippen LogP contribution < -0.4 is 5.32 Å². The molecule has 0 aromatic rings. The maximum absolute atomic E-state index is 12.4. The second-order valence-electron chi connectivity index (χ2n) is 4.98. The number of hydrogen-bond acceptors (Lipinski definition) is 4. The number of nitrogens with one attached hydrogen (secondary N) is 1. The van der Waals surface area contributed by atoms with Crippen molar-refractivity contribution in [2.45, 2.75) is 24.5 Å².